The number of nitrogens with one attached hydrogen (secondary N) is 1. The van der Waals surface area contributed by atoms with Crippen molar-refractivity contribution < 1.29 is 0 Å². The Hall–Kier alpha value is -0.120. The van der Waals surface area contributed by atoms with E-state index in [2.05, 4.69) is 10.2 Å². The Morgan fingerprint density at radius 3 is 2.36 bits per heavy atom. The summed E-state index contributed by atoms with van der Waals surface area (Å²) in [5, 5.41) is 3.34. The van der Waals surface area contributed by atoms with Crippen LogP contribution >= 0.6 is 0 Å². The van der Waals surface area contributed by atoms with Crippen LogP contribution in [-0.2, 0) is 0 Å². The molecule has 0 bridgehead atoms. The zero-order chi connectivity index (χ0) is 10.1. The zero-order valence-electron chi connectivity index (χ0n) is 9.30. The molecule has 1 aliphatic rings. The molecule has 3 N–H and O–H groups in total. The SMILES string of the molecule is NCCNCCCN1CCCCCC1. The van der Waals surface area contributed by atoms with E-state index in [9.17, 15) is 0 Å². The quantitative estimate of drug-likeness (QED) is 0.622. The molecule has 1 rings (SSSR count). The molecule has 84 valence electrons. The van der Waals surface area contributed by atoms with E-state index in [0.717, 1.165) is 19.6 Å². The molecular weight excluding hydrogens is 174 g/mol. The number of likely N-dealkylation sites (tertiary alicyclic amines) is 1. The first-order valence-corrected chi connectivity index (χ1v) is 6.06. The van der Waals surface area contributed by atoms with Crippen molar-refractivity contribution in [1.82, 2.24) is 10.2 Å². The van der Waals surface area contributed by atoms with Crippen molar-refractivity contribution >= 4 is 0 Å². The molecule has 0 radical (unpaired) electrons. The lowest BCUT2D eigenvalue weighted by molar-refractivity contribution is 0.280. The van der Waals surface area contributed by atoms with Crippen molar-refractivity contribution in [3.63, 3.8) is 0 Å². The second-order valence-corrected chi connectivity index (χ2v) is 4.15. The molecule has 0 atom stereocenters. The molecule has 0 saturated carbocycles. The Labute approximate surface area is 88.0 Å². The summed E-state index contributed by atoms with van der Waals surface area (Å²) in [4.78, 5) is 2.61. The summed E-state index contributed by atoms with van der Waals surface area (Å²) in [6.07, 6.45) is 6.93. The highest BCUT2D eigenvalue weighted by Gasteiger charge is 2.07. The van der Waals surface area contributed by atoms with Crippen molar-refractivity contribution in [3.05, 3.63) is 0 Å². The molecule has 1 saturated heterocycles. The largest absolute Gasteiger partial charge is 0.329 e. The van der Waals surface area contributed by atoms with Crippen LogP contribution in [-0.4, -0.2) is 44.2 Å². The molecule has 0 aromatic carbocycles. The smallest absolute Gasteiger partial charge is 0.00745 e. The summed E-state index contributed by atoms with van der Waals surface area (Å²) in [5.74, 6) is 0. The van der Waals surface area contributed by atoms with E-state index in [1.165, 1.54) is 51.7 Å². The minimum absolute atomic E-state index is 0.754. The standard InChI is InChI=1S/C11H25N3/c12-6-8-13-7-5-11-14-9-3-1-2-4-10-14/h13H,1-12H2. The summed E-state index contributed by atoms with van der Waals surface area (Å²) in [6.45, 7) is 6.72. The minimum atomic E-state index is 0.754. The highest BCUT2D eigenvalue weighted by molar-refractivity contribution is 4.63. The van der Waals surface area contributed by atoms with Crippen LogP contribution in [0.15, 0.2) is 0 Å². The van der Waals surface area contributed by atoms with Crippen LogP contribution in [0.5, 0.6) is 0 Å². The van der Waals surface area contributed by atoms with E-state index in [0.29, 0.717) is 0 Å². The third-order valence-corrected chi connectivity index (χ3v) is 2.85. The fourth-order valence-electron chi connectivity index (χ4n) is 2.01. The lowest BCUT2D eigenvalue weighted by Gasteiger charge is -2.19. The molecule has 14 heavy (non-hydrogen) atoms. The Kier molecular flexibility index (Phi) is 7.01. The van der Waals surface area contributed by atoms with Gasteiger partial charge in [0.2, 0.25) is 0 Å². The van der Waals surface area contributed by atoms with Gasteiger partial charge in [-0.15, -0.1) is 0 Å². The van der Waals surface area contributed by atoms with E-state index in [1.807, 2.05) is 0 Å². The second-order valence-electron chi connectivity index (χ2n) is 4.15. The third-order valence-electron chi connectivity index (χ3n) is 2.85. The summed E-state index contributed by atoms with van der Waals surface area (Å²) in [7, 11) is 0. The molecule has 0 aromatic heterocycles. The van der Waals surface area contributed by atoms with Crippen LogP contribution in [0.4, 0.5) is 0 Å². The van der Waals surface area contributed by atoms with Crippen molar-refractivity contribution in [2.45, 2.75) is 32.1 Å². The van der Waals surface area contributed by atoms with Crippen LogP contribution in [0.1, 0.15) is 32.1 Å². The molecule has 1 aliphatic heterocycles. The molecule has 0 unspecified atom stereocenters. The van der Waals surface area contributed by atoms with Gasteiger partial charge >= 0.3 is 0 Å². The number of nitrogens with two attached hydrogens (primary N) is 1. The van der Waals surface area contributed by atoms with Crippen molar-refractivity contribution in [1.29, 1.82) is 0 Å². The lowest BCUT2D eigenvalue weighted by Crippen LogP contribution is -2.30. The van der Waals surface area contributed by atoms with Crippen LogP contribution in [0, 0.1) is 0 Å². The maximum atomic E-state index is 5.40. The molecule has 0 aromatic rings. The van der Waals surface area contributed by atoms with Gasteiger partial charge in [-0.2, -0.15) is 0 Å². The Balaban J connectivity index is 1.93. The average Bonchev–Trinajstić information content (AvgIpc) is 2.46. The number of hydrogen-bond donors (Lipinski definition) is 2. The Morgan fingerprint density at radius 2 is 1.71 bits per heavy atom. The predicted molar refractivity (Wildman–Crippen MR) is 61.4 cm³/mol. The Morgan fingerprint density at radius 1 is 1.00 bits per heavy atom. The Bertz CT molecular complexity index is 120. The fraction of sp³-hybridized carbons (Fsp3) is 1.00. The molecule has 0 aliphatic carbocycles. The average molecular weight is 199 g/mol. The van der Waals surface area contributed by atoms with Gasteiger partial charge in [0.05, 0.1) is 0 Å². The maximum absolute atomic E-state index is 5.40. The topological polar surface area (TPSA) is 41.3 Å². The predicted octanol–water partition coefficient (Wildman–Crippen LogP) is 0.801. The summed E-state index contributed by atoms with van der Waals surface area (Å²) >= 11 is 0. The molecule has 3 heteroatoms. The summed E-state index contributed by atoms with van der Waals surface area (Å²) < 4.78 is 0. The van der Waals surface area contributed by atoms with Crippen LogP contribution in [0.2, 0.25) is 0 Å². The first-order chi connectivity index (χ1) is 6.93. The number of nitrogens with zero attached hydrogens (tertiary/aromatic N) is 1. The van der Waals surface area contributed by atoms with E-state index in [-0.39, 0.29) is 0 Å². The minimum Gasteiger partial charge on any atom is -0.329 e. The van der Waals surface area contributed by atoms with E-state index in [1.54, 1.807) is 0 Å². The first kappa shape index (κ1) is 12.0. The lowest BCUT2D eigenvalue weighted by atomic mass is 10.2. The van der Waals surface area contributed by atoms with Gasteiger partial charge in [0, 0.05) is 13.1 Å². The van der Waals surface area contributed by atoms with Gasteiger partial charge in [0.25, 0.3) is 0 Å². The van der Waals surface area contributed by atoms with Gasteiger partial charge in [-0.1, -0.05) is 12.8 Å². The van der Waals surface area contributed by atoms with Gasteiger partial charge in [0.15, 0.2) is 0 Å². The van der Waals surface area contributed by atoms with Gasteiger partial charge in [-0.25, -0.2) is 0 Å². The molecule has 0 spiro atoms. The normalized spacial score (nSPS) is 19.5. The van der Waals surface area contributed by atoms with E-state index in [4.69, 9.17) is 5.73 Å². The first-order valence-electron chi connectivity index (χ1n) is 6.06. The highest BCUT2D eigenvalue weighted by Crippen LogP contribution is 2.09. The van der Waals surface area contributed by atoms with Crippen LogP contribution < -0.4 is 11.1 Å². The van der Waals surface area contributed by atoms with Gasteiger partial charge in [-0.3, -0.25) is 0 Å². The van der Waals surface area contributed by atoms with Crippen molar-refractivity contribution in [3.8, 4) is 0 Å². The van der Waals surface area contributed by atoms with Gasteiger partial charge < -0.3 is 16.0 Å². The second kappa shape index (κ2) is 8.21. The monoisotopic (exact) mass is 199 g/mol. The summed E-state index contributed by atoms with van der Waals surface area (Å²) in [6, 6.07) is 0. The van der Waals surface area contributed by atoms with Crippen molar-refractivity contribution in [2.24, 2.45) is 5.73 Å². The number of rotatable bonds is 6. The van der Waals surface area contributed by atoms with Gasteiger partial charge in [0.1, 0.15) is 0 Å². The highest BCUT2D eigenvalue weighted by atomic mass is 15.1. The molecule has 3 nitrogen and oxygen atoms in total. The third kappa shape index (κ3) is 5.58. The van der Waals surface area contributed by atoms with Crippen molar-refractivity contribution in [2.75, 3.05) is 39.3 Å². The maximum Gasteiger partial charge on any atom is 0.00745 e. The van der Waals surface area contributed by atoms with Crippen LogP contribution in [0.3, 0.4) is 0 Å². The van der Waals surface area contributed by atoms with E-state index < -0.39 is 0 Å². The van der Waals surface area contributed by atoms with Crippen LogP contribution in [0.25, 0.3) is 0 Å². The summed E-state index contributed by atoms with van der Waals surface area (Å²) in [5.41, 5.74) is 5.40. The van der Waals surface area contributed by atoms with E-state index >= 15 is 0 Å². The fourth-order valence-corrected chi connectivity index (χ4v) is 2.01. The van der Waals surface area contributed by atoms with Gasteiger partial charge in [-0.05, 0) is 45.4 Å². The number of hydrogen-bond acceptors (Lipinski definition) is 3. The zero-order valence-corrected chi connectivity index (χ0v) is 9.30. The molecule has 1 fully saturated rings. The molecule has 1 heterocycles. The molecular formula is C11H25N3. The molecule has 0 amide bonds.